The van der Waals surface area contributed by atoms with Gasteiger partial charge in [-0.1, -0.05) is 29.3 Å². The summed E-state index contributed by atoms with van der Waals surface area (Å²) in [4.78, 5) is 3.32. The maximum absolute atomic E-state index is 13.1. The van der Waals surface area contributed by atoms with Gasteiger partial charge in [-0.3, -0.25) is 0 Å². The van der Waals surface area contributed by atoms with Gasteiger partial charge in [-0.2, -0.15) is 4.31 Å². The monoisotopic (exact) mass is 436 g/mol. The van der Waals surface area contributed by atoms with Gasteiger partial charge in [-0.25, -0.2) is 8.42 Å². The summed E-state index contributed by atoms with van der Waals surface area (Å²) in [5.41, 5.74) is 3.15. The average Bonchev–Trinajstić information content (AvgIpc) is 3.11. The van der Waals surface area contributed by atoms with Crippen molar-refractivity contribution >= 4 is 49.7 Å². The van der Waals surface area contributed by atoms with Crippen molar-refractivity contribution in [3.63, 3.8) is 0 Å². The maximum atomic E-state index is 13.1. The van der Waals surface area contributed by atoms with Crippen molar-refractivity contribution in [2.45, 2.75) is 11.3 Å². The van der Waals surface area contributed by atoms with Gasteiger partial charge in [0.15, 0.2) is 0 Å². The van der Waals surface area contributed by atoms with Crippen LogP contribution in [0.2, 0.25) is 10.0 Å². The van der Waals surface area contributed by atoms with E-state index in [-0.39, 0.29) is 17.2 Å². The second-order valence-electron chi connectivity index (χ2n) is 6.53. The van der Waals surface area contributed by atoms with Crippen molar-refractivity contribution < 1.29 is 13.2 Å². The van der Waals surface area contributed by atoms with Crippen molar-refractivity contribution in [1.29, 1.82) is 0 Å². The van der Waals surface area contributed by atoms with Gasteiger partial charge < -0.3 is 9.72 Å². The minimum absolute atomic E-state index is 0.0817. The molecule has 0 fully saturated rings. The molecular weight excluding hydrogens is 419 g/mol. The third-order valence-electron chi connectivity index (χ3n) is 4.91. The standard InChI is InChI=1S/C20H18Cl2N2O3S/c1-27-19-5-3-15(22)11-20(19)28(25,26)24-8-6-13(7-9-24)17-12-23-18-4-2-14(21)10-16(17)18/h2-6,10-12,23H,7-9H2,1H3. The minimum Gasteiger partial charge on any atom is -0.495 e. The number of hydrogen-bond acceptors (Lipinski definition) is 3. The Kier molecular flexibility index (Phi) is 5.14. The Bertz CT molecular complexity index is 1190. The largest absolute Gasteiger partial charge is 0.495 e. The minimum atomic E-state index is -3.72. The topological polar surface area (TPSA) is 62.4 Å². The Morgan fingerprint density at radius 2 is 1.86 bits per heavy atom. The van der Waals surface area contributed by atoms with Crippen LogP contribution in [0.15, 0.2) is 53.6 Å². The van der Waals surface area contributed by atoms with Crippen LogP contribution in [0.5, 0.6) is 5.75 Å². The van der Waals surface area contributed by atoms with E-state index in [1.54, 1.807) is 12.1 Å². The molecule has 0 saturated heterocycles. The van der Waals surface area contributed by atoms with E-state index in [0.29, 0.717) is 23.0 Å². The Balaban J connectivity index is 1.65. The Morgan fingerprint density at radius 3 is 2.57 bits per heavy atom. The summed E-state index contributed by atoms with van der Waals surface area (Å²) in [5, 5.41) is 2.05. The average molecular weight is 437 g/mol. The van der Waals surface area contributed by atoms with Crippen LogP contribution in [0.3, 0.4) is 0 Å². The summed E-state index contributed by atoms with van der Waals surface area (Å²) in [6.07, 6.45) is 4.49. The third kappa shape index (κ3) is 3.42. The number of nitrogens with zero attached hydrogens (tertiary/aromatic N) is 1. The van der Waals surface area contributed by atoms with E-state index < -0.39 is 10.0 Å². The van der Waals surface area contributed by atoms with Crippen LogP contribution < -0.4 is 4.74 Å². The molecule has 1 aromatic heterocycles. The molecule has 28 heavy (non-hydrogen) atoms. The molecule has 146 valence electrons. The van der Waals surface area contributed by atoms with Crippen molar-refractivity contribution in [1.82, 2.24) is 9.29 Å². The van der Waals surface area contributed by atoms with Gasteiger partial charge in [-0.15, -0.1) is 0 Å². The highest BCUT2D eigenvalue weighted by Crippen LogP contribution is 2.34. The normalized spacial score (nSPS) is 15.6. The first-order valence-electron chi connectivity index (χ1n) is 8.70. The molecule has 0 atom stereocenters. The third-order valence-corrected chi connectivity index (χ3v) is 7.26. The second kappa shape index (κ2) is 7.44. The highest BCUT2D eigenvalue weighted by Gasteiger charge is 2.29. The van der Waals surface area contributed by atoms with E-state index in [0.717, 1.165) is 22.0 Å². The maximum Gasteiger partial charge on any atom is 0.247 e. The molecule has 0 spiro atoms. The van der Waals surface area contributed by atoms with Crippen LogP contribution in [0.4, 0.5) is 0 Å². The van der Waals surface area contributed by atoms with Gasteiger partial charge >= 0.3 is 0 Å². The lowest BCUT2D eigenvalue weighted by Crippen LogP contribution is -2.34. The van der Waals surface area contributed by atoms with Gasteiger partial charge in [-0.05, 0) is 48.4 Å². The van der Waals surface area contributed by atoms with Gasteiger partial charge in [0.2, 0.25) is 10.0 Å². The molecule has 2 heterocycles. The van der Waals surface area contributed by atoms with Crippen molar-refractivity contribution in [2.24, 2.45) is 0 Å². The Hall–Kier alpha value is -1.99. The lowest BCUT2D eigenvalue weighted by Gasteiger charge is -2.26. The molecule has 1 aliphatic heterocycles. The van der Waals surface area contributed by atoms with Crippen LogP contribution in [-0.4, -0.2) is 37.9 Å². The molecule has 0 radical (unpaired) electrons. The summed E-state index contributed by atoms with van der Waals surface area (Å²) in [6.45, 7) is 0.650. The summed E-state index contributed by atoms with van der Waals surface area (Å²) in [7, 11) is -2.28. The van der Waals surface area contributed by atoms with Crippen LogP contribution in [0.1, 0.15) is 12.0 Å². The van der Waals surface area contributed by atoms with Gasteiger partial charge in [0, 0.05) is 45.8 Å². The molecule has 1 aliphatic rings. The quantitative estimate of drug-likeness (QED) is 0.628. The fourth-order valence-electron chi connectivity index (χ4n) is 3.46. The van der Waals surface area contributed by atoms with E-state index in [1.165, 1.54) is 17.5 Å². The molecule has 0 bridgehead atoms. The number of H-pyrrole nitrogens is 1. The lowest BCUT2D eigenvalue weighted by molar-refractivity contribution is 0.395. The highest BCUT2D eigenvalue weighted by molar-refractivity contribution is 7.89. The number of aromatic amines is 1. The molecule has 0 aliphatic carbocycles. The van der Waals surface area contributed by atoms with E-state index in [9.17, 15) is 8.42 Å². The SMILES string of the molecule is COc1ccc(Cl)cc1S(=O)(=O)N1CC=C(c2c[nH]c3ccc(Cl)cc23)CC1. The second-order valence-corrected chi connectivity index (χ2v) is 9.31. The van der Waals surface area contributed by atoms with Crippen LogP contribution in [0, 0.1) is 0 Å². The summed E-state index contributed by atoms with van der Waals surface area (Å²) in [5.74, 6) is 0.283. The summed E-state index contributed by atoms with van der Waals surface area (Å²) in [6, 6.07) is 10.3. The zero-order valence-electron chi connectivity index (χ0n) is 15.1. The van der Waals surface area contributed by atoms with E-state index >= 15 is 0 Å². The molecular formula is C20H18Cl2N2O3S. The number of nitrogens with one attached hydrogen (secondary N) is 1. The molecule has 4 rings (SSSR count). The van der Waals surface area contributed by atoms with Crippen LogP contribution >= 0.6 is 23.2 Å². The molecule has 0 amide bonds. The first kappa shape index (κ1) is 19.3. The number of halogens is 2. The Labute approximate surface area is 173 Å². The van der Waals surface area contributed by atoms with Crippen LogP contribution in [-0.2, 0) is 10.0 Å². The smallest absolute Gasteiger partial charge is 0.247 e. The molecule has 5 nitrogen and oxygen atoms in total. The number of hydrogen-bond donors (Lipinski definition) is 1. The highest BCUT2D eigenvalue weighted by atomic mass is 35.5. The number of methoxy groups -OCH3 is 1. The fraction of sp³-hybridized carbons (Fsp3) is 0.200. The molecule has 0 unspecified atom stereocenters. The first-order valence-corrected chi connectivity index (χ1v) is 10.9. The molecule has 0 saturated carbocycles. The van der Waals surface area contributed by atoms with Gasteiger partial charge in [0.05, 0.1) is 7.11 Å². The fourth-order valence-corrected chi connectivity index (χ4v) is 5.43. The van der Waals surface area contributed by atoms with Gasteiger partial charge in [0.25, 0.3) is 0 Å². The van der Waals surface area contributed by atoms with E-state index in [4.69, 9.17) is 27.9 Å². The molecule has 8 heteroatoms. The predicted octanol–water partition coefficient (Wildman–Crippen LogP) is 4.96. The number of aromatic nitrogens is 1. The first-order chi connectivity index (χ1) is 13.4. The number of sulfonamides is 1. The van der Waals surface area contributed by atoms with Crippen molar-refractivity contribution in [2.75, 3.05) is 20.2 Å². The molecule has 1 N–H and O–H groups in total. The molecule has 3 aromatic rings. The number of benzene rings is 2. The Morgan fingerprint density at radius 1 is 1.11 bits per heavy atom. The molecule has 2 aromatic carbocycles. The predicted molar refractivity (Wildman–Crippen MR) is 113 cm³/mol. The van der Waals surface area contributed by atoms with E-state index in [1.807, 2.05) is 30.5 Å². The van der Waals surface area contributed by atoms with Crippen LogP contribution in [0.25, 0.3) is 16.5 Å². The van der Waals surface area contributed by atoms with E-state index in [2.05, 4.69) is 4.98 Å². The van der Waals surface area contributed by atoms with Crippen molar-refractivity contribution in [3.8, 4) is 5.75 Å². The number of rotatable bonds is 4. The zero-order chi connectivity index (χ0) is 19.9. The summed E-state index contributed by atoms with van der Waals surface area (Å²) >= 11 is 12.1. The van der Waals surface area contributed by atoms with Gasteiger partial charge in [0.1, 0.15) is 10.6 Å². The van der Waals surface area contributed by atoms with Crippen molar-refractivity contribution in [3.05, 3.63) is 64.3 Å². The number of fused-ring (bicyclic) bond motifs is 1. The zero-order valence-corrected chi connectivity index (χ0v) is 17.4. The lowest BCUT2D eigenvalue weighted by atomic mass is 10.00. The number of ether oxygens (including phenoxy) is 1. The summed E-state index contributed by atoms with van der Waals surface area (Å²) < 4.78 is 32.9.